The third-order valence-electron chi connectivity index (χ3n) is 4.66. The fourth-order valence-corrected chi connectivity index (χ4v) is 3.46. The predicted molar refractivity (Wildman–Crippen MR) is 110 cm³/mol. The van der Waals surface area contributed by atoms with Crippen LogP contribution in [0.1, 0.15) is 12.0 Å². The number of anilines is 1. The fraction of sp³-hybridized carbons (Fsp3) is 0.350. The van der Waals surface area contributed by atoms with Gasteiger partial charge in [0.2, 0.25) is 0 Å². The molecule has 1 heterocycles. The van der Waals surface area contributed by atoms with Crippen LogP contribution in [0.5, 0.6) is 0 Å². The van der Waals surface area contributed by atoms with Crippen LogP contribution in [0, 0.1) is 5.82 Å². The third-order valence-corrected chi connectivity index (χ3v) is 4.90. The second-order valence-electron chi connectivity index (χ2n) is 6.82. The molecule has 29 heavy (non-hydrogen) atoms. The number of hydrogen-bond donors (Lipinski definition) is 2. The first kappa shape index (κ1) is 21.6. The van der Waals surface area contributed by atoms with Gasteiger partial charge in [0, 0.05) is 25.2 Å². The second-order valence-corrected chi connectivity index (χ2v) is 7.22. The number of hydroxylamine groups is 2. The minimum absolute atomic E-state index is 0.251. The summed E-state index contributed by atoms with van der Waals surface area (Å²) in [7, 11) is 2.36. The predicted octanol–water partition coefficient (Wildman–Crippen LogP) is 3.75. The number of cyclic esters (lactones) is 1. The first-order valence-corrected chi connectivity index (χ1v) is 9.90. The van der Waals surface area contributed by atoms with Crippen molar-refractivity contribution < 1.29 is 23.5 Å². The summed E-state index contributed by atoms with van der Waals surface area (Å²) in [5.41, 5.74) is 2.37. The summed E-state index contributed by atoms with van der Waals surface area (Å²) in [6.07, 6.45) is -0.509. The lowest BCUT2D eigenvalue weighted by Crippen LogP contribution is -2.27. The molecule has 1 saturated heterocycles. The van der Waals surface area contributed by atoms with Gasteiger partial charge in [0.1, 0.15) is 11.9 Å². The number of alkyl halides is 1. The molecule has 0 spiro atoms. The molecule has 0 saturated carbocycles. The third kappa shape index (κ3) is 5.48. The maximum atomic E-state index is 14.7. The molecule has 6 nitrogen and oxygen atoms in total. The lowest BCUT2D eigenvalue weighted by molar-refractivity contribution is -0.100. The Bertz CT molecular complexity index is 838. The van der Waals surface area contributed by atoms with Crippen molar-refractivity contribution in [2.24, 2.45) is 0 Å². The summed E-state index contributed by atoms with van der Waals surface area (Å²) in [5.74, 6) is -0.442. The van der Waals surface area contributed by atoms with Crippen molar-refractivity contribution in [2.45, 2.75) is 19.1 Å². The van der Waals surface area contributed by atoms with Crippen molar-refractivity contribution in [3.8, 4) is 11.1 Å². The maximum Gasteiger partial charge on any atom is 0.414 e. The van der Waals surface area contributed by atoms with Gasteiger partial charge >= 0.3 is 6.09 Å². The molecular weight excluding hydrogens is 399 g/mol. The van der Waals surface area contributed by atoms with Crippen LogP contribution in [0.15, 0.2) is 42.5 Å². The molecular formula is C20H24F2N3O3P. The lowest BCUT2D eigenvalue weighted by atomic mass is 10.0. The van der Waals surface area contributed by atoms with E-state index in [0.717, 1.165) is 10.6 Å². The maximum absolute atomic E-state index is 14.7. The number of ether oxygens (including phenoxy) is 1. The fourth-order valence-electron chi connectivity index (χ4n) is 3.20. The number of hydrogen-bond acceptors (Lipinski definition) is 5. The number of benzene rings is 2. The Morgan fingerprint density at radius 2 is 2.03 bits per heavy atom. The van der Waals surface area contributed by atoms with E-state index in [2.05, 4.69) is 14.5 Å². The van der Waals surface area contributed by atoms with E-state index in [0.29, 0.717) is 29.9 Å². The van der Waals surface area contributed by atoms with Crippen molar-refractivity contribution in [2.75, 3.05) is 31.2 Å². The summed E-state index contributed by atoms with van der Waals surface area (Å²) >= 11 is 0. The minimum Gasteiger partial charge on any atom is -0.443 e. The molecule has 2 aromatic rings. The topological polar surface area (TPSA) is 65.0 Å². The van der Waals surface area contributed by atoms with Gasteiger partial charge in [0.15, 0.2) is 0 Å². The molecule has 1 aliphatic heterocycles. The van der Waals surface area contributed by atoms with E-state index in [1.54, 1.807) is 36.4 Å². The Balaban J connectivity index is 1.69. The standard InChI is InChI=1S/C20H24F2N3O3P/c21-8-1-9-24(27)12-14-2-4-15(5-3-14)18-7-6-16(10-19(18)22)25-13-17(11-23-29)28-20(25)26/h2-7,10,17,23,27H,1,8-9,11-13,29H2/t17-/m0/s1. The quantitative estimate of drug-likeness (QED) is 0.475. The molecule has 2 atom stereocenters. The van der Waals surface area contributed by atoms with Gasteiger partial charge in [-0.05, 0) is 35.7 Å². The zero-order chi connectivity index (χ0) is 20.8. The van der Waals surface area contributed by atoms with Crippen molar-refractivity contribution in [1.82, 2.24) is 10.2 Å². The molecule has 0 aromatic heterocycles. The average molecular weight is 423 g/mol. The highest BCUT2D eigenvalue weighted by molar-refractivity contribution is 7.13. The Morgan fingerprint density at radius 1 is 1.28 bits per heavy atom. The molecule has 2 aromatic carbocycles. The molecule has 1 unspecified atom stereocenters. The van der Waals surface area contributed by atoms with Crippen molar-refractivity contribution in [3.05, 3.63) is 53.8 Å². The van der Waals surface area contributed by atoms with E-state index < -0.39 is 18.6 Å². The molecule has 2 N–H and O–H groups in total. The van der Waals surface area contributed by atoms with Gasteiger partial charge in [-0.1, -0.05) is 33.7 Å². The second kappa shape index (κ2) is 10.1. The van der Waals surface area contributed by atoms with E-state index in [9.17, 15) is 18.8 Å². The smallest absolute Gasteiger partial charge is 0.414 e. The van der Waals surface area contributed by atoms with Crippen LogP contribution >= 0.6 is 9.39 Å². The number of carbonyl (C=O) groups is 1. The van der Waals surface area contributed by atoms with Gasteiger partial charge in [-0.3, -0.25) is 14.4 Å². The van der Waals surface area contributed by atoms with Gasteiger partial charge in [-0.15, -0.1) is 0 Å². The molecule has 0 aliphatic carbocycles. The summed E-state index contributed by atoms with van der Waals surface area (Å²) < 4.78 is 32.1. The van der Waals surface area contributed by atoms with Crippen molar-refractivity contribution in [3.63, 3.8) is 0 Å². The van der Waals surface area contributed by atoms with Gasteiger partial charge in [-0.2, -0.15) is 5.06 Å². The largest absolute Gasteiger partial charge is 0.443 e. The molecule has 0 radical (unpaired) electrons. The van der Waals surface area contributed by atoms with Gasteiger partial charge in [-0.25, -0.2) is 9.18 Å². The number of amides is 1. The number of nitrogens with zero attached hydrogens (tertiary/aromatic N) is 2. The van der Waals surface area contributed by atoms with Gasteiger partial charge in [0.25, 0.3) is 0 Å². The highest BCUT2D eigenvalue weighted by Gasteiger charge is 2.32. The molecule has 1 amide bonds. The zero-order valence-electron chi connectivity index (χ0n) is 15.9. The number of carbonyl (C=O) groups excluding carboxylic acids is 1. The highest BCUT2D eigenvalue weighted by atomic mass is 31.0. The number of rotatable bonds is 9. The lowest BCUT2D eigenvalue weighted by Gasteiger charge is -2.15. The summed E-state index contributed by atoms with van der Waals surface area (Å²) in [5, 5.41) is 13.7. The van der Waals surface area contributed by atoms with Crippen LogP contribution in [-0.2, 0) is 11.3 Å². The van der Waals surface area contributed by atoms with E-state index in [-0.39, 0.29) is 25.6 Å². The van der Waals surface area contributed by atoms with Crippen LogP contribution in [-0.4, -0.2) is 48.8 Å². The van der Waals surface area contributed by atoms with Crippen LogP contribution in [0.3, 0.4) is 0 Å². The summed E-state index contributed by atoms with van der Waals surface area (Å²) in [6, 6.07) is 11.8. The SMILES string of the molecule is O=C1O[C@@H](CNP)CN1c1ccc(-c2ccc(CN(O)CCCF)cc2)c(F)c1. The normalized spacial score (nSPS) is 16.5. The Labute approximate surface area is 170 Å². The molecule has 1 fully saturated rings. The molecule has 9 heteroatoms. The Hall–Kier alpha value is -2.12. The van der Waals surface area contributed by atoms with E-state index in [1.807, 2.05) is 0 Å². The summed E-state index contributed by atoms with van der Waals surface area (Å²) in [6.45, 7) is 0.897. The monoisotopic (exact) mass is 423 g/mol. The molecule has 0 bridgehead atoms. The minimum atomic E-state index is -0.493. The van der Waals surface area contributed by atoms with Gasteiger partial charge in [0.05, 0.1) is 18.9 Å². The van der Waals surface area contributed by atoms with E-state index in [1.165, 1.54) is 11.0 Å². The van der Waals surface area contributed by atoms with Gasteiger partial charge < -0.3 is 9.94 Å². The Kier molecular flexibility index (Phi) is 7.50. The molecule has 3 rings (SSSR count). The van der Waals surface area contributed by atoms with E-state index >= 15 is 0 Å². The highest BCUT2D eigenvalue weighted by Crippen LogP contribution is 2.29. The van der Waals surface area contributed by atoms with Crippen LogP contribution < -0.4 is 9.99 Å². The van der Waals surface area contributed by atoms with Crippen molar-refractivity contribution >= 4 is 21.2 Å². The molecule has 1 aliphatic rings. The summed E-state index contributed by atoms with van der Waals surface area (Å²) in [4.78, 5) is 13.4. The zero-order valence-corrected chi connectivity index (χ0v) is 17.0. The first-order chi connectivity index (χ1) is 14.0. The number of halogens is 2. The van der Waals surface area contributed by atoms with Crippen molar-refractivity contribution in [1.29, 1.82) is 0 Å². The number of nitrogens with one attached hydrogen (secondary N) is 1. The van der Waals surface area contributed by atoms with Crippen LogP contribution in [0.2, 0.25) is 0 Å². The Morgan fingerprint density at radius 3 is 2.69 bits per heavy atom. The molecule has 156 valence electrons. The van der Waals surface area contributed by atoms with Crippen LogP contribution in [0.4, 0.5) is 19.3 Å². The van der Waals surface area contributed by atoms with Crippen LogP contribution in [0.25, 0.3) is 11.1 Å². The first-order valence-electron chi connectivity index (χ1n) is 9.32. The van der Waals surface area contributed by atoms with E-state index in [4.69, 9.17) is 4.74 Å². The average Bonchev–Trinajstić information content (AvgIpc) is 3.07.